The van der Waals surface area contributed by atoms with Crippen molar-refractivity contribution in [3.05, 3.63) is 23.4 Å². The molecule has 1 fully saturated rings. The lowest BCUT2D eigenvalue weighted by Gasteiger charge is -2.16. The number of carboxylic acids is 1. The smallest absolute Gasteiger partial charge is 0.339 e. The molecular weight excluding hydrogens is 232 g/mol. The van der Waals surface area contributed by atoms with Gasteiger partial charge < -0.3 is 15.2 Å². The predicted molar refractivity (Wildman–Crippen MR) is 68.0 cm³/mol. The lowest BCUT2D eigenvalue weighted by atomic mass is 10.1. The lowest BCUT2D eigenvalue weighted by Crippen LogP contribution is -2.20. The second-order valence-electron chi connectivity index (χ2n) is 4.67. The van der Waals surface area contributed by atoms with Crippen LogP contribution < -0.4 is 5.32 Å². The number of ether oxygens (including phenoxy) is 1. The van der Waals surface area contributed by atoms with Gasteiger partial charge in [-0.05, 0) is 37.8 Å². The minimum Gasteiger partial charge on any atom is -0.478 e. The van der Waals surface area contributed by atoms with E-state index in [9.17, 15) is 9.90 Å². The van der Waals surface area contributed by atoms with Crippen LogP contribution in [0.3, 0.4) is 0 Å². The molecule has 2 atom stereocenters. The number of nitrogens with zero attached hydrogens (tertiary/aromatic N) is 1. The van der Waals surface area contributed by atoms with Gasteiger partial charge in [0.05, 0.1) is 6.10 Å². The van der Waals surface area contributed by atoms with E-state index in [2.05, 4.69) is 10.3 Å². The van der Waals surface area contributed by atoms with Crippen molar-refractivity contribution >= 4 is 11.8 Å². The molecule has 5 nitrogen and oxygen atoms in total. The molecule has 0 bridgehead atoms. The van der Waals surface area contributed by atoms with Gasteiger partial charge in [-0.25, -0.2) is 9.78 Å². The first-order valence-corrected chi connectivity index (χ1v) is 6.10. The topological polar surface area (TPSA) is 71.5 Å². The Labute approximate surface area is 106 Å². The molecule has 0 radical (unpaired) electrons. The van der Waals surface area contributed by atoms with E-state index in [4.69, 9.17) is 4.74 Å². The van der Waals surface area contributed by atoms with Crippen molar-refractivity contribution in [2.45, 2.75) is 38.3 Å². The van der Waals surface area contributed by atoms with E-state index in [1.165, 1.54) is 0 Å². The Morgan fingerprint density at radius 2 is 2.33 bits per heavy atom. The van der Waals surface area contributed by atoms with Crippen LogP contribution in [0.1, 0.15) is 35.2 Å². The molecule has 0 amide bonds. The highest BCUT2D eigenvalue weighted by atomic mass is 16.5. The quantitative estimate of drug-likeness (QED) is 0.856. The fourth-order valence-corrected chi connectivity index (χ4v) is 2.42. The fourth-order valence-electron chi connectivity index (χ4n) is 2.42. The molecule has 0 saturated heterocycles. The highest BCUT2D eigenvalue weighted by Crippen LogP contribution is 2.26. The summed E-state index contributed by atoms with van der Waals surface area (Å²) >= 11 is 0. The van der Waals surface area contributed by atoms with Gasteiger partial charge in [-0.15, -0.1) is 0 Å². The van der Waals surface area contributed by atoms with Crippen molar-refractivity contribution < 1.29 is 14.6 Å². The maximum absolute atomic E-state index is 11.2. The normalized spacial score (nSPS) is 23.0. The maximum Gasteiger partial charge on any atom is 0.339 e. The van der Waals surface area contributed by atoms with Gasteiger partial charge >= 0.3 is 5.97 Å². The molecule has 2 unspecified atom stereocenters. The summed E-state index contributed by atoms with van der Waals surface area (Å²) in [5.74, 6) is -0.478. The number of pyridine rings is 1. The minimum atomic E-state index is -0.940. The van der Waals surface area contributed by atoms with Crippen molar-refractivity contribution in [2.75, 3.05) is 12.4 Å². The Kier molecular flexibility index (Phi) is 3.81. The third kappa shape index (κ3) is 2.61. The summed E-state index contributed by atoms with van der Waals surface area (Å²) in [5, 5.41) is 12.4. The van der Waals surface area contributed by atoms with Crippen molar-refractivity contribution in [1.82, 2.24) is 4.98 Å². The van der Waals surface area contributed by atoms with E-state index in [-0.39, 0.29) is 17.7 Å². The number of hydrogen-bond donors (Lipinski definition) is 2. The van der Waals surface area contributed by atoms with Gasteiger partial charge in [-0.2, -0.15) is 0 Å². The fraction of sp³-hybridized carbons (Fsp3) is 0.538. The van der Waals surface area contributed by atoms with Crippen LogP contribution in [0.25, 0.3) is 0 Å². The van der Waals surface area contributed by atoms with E-state index in [1.54, 1.807) is 26.3 Å². The summed E-state index contributed by atoms with van der Waals surface area (Å²) in [7, 11) is 1.71. The molecule has 1 saturated carbocycles. The van der Waals surface area contributed by atoms with Gasteiger partial charge in [-0.1, -0.05) is 0 Å². The molecule has 0 aromatic carbocycles. The van der Waals surface area contributed by atoms with Crippen LogP contribution >= 0.6 is 0 Å². The predicted octanol–water partition coefficient (Wildman–Crippen LogP) is 2.07. The van der Waals surface area contributed by atoms with Crippen molar-refractivity contribution in [2.24, 2.45) is 0 Å². The summed E-state index contributed by atoms with van der Waals surface area (Å²) in [6.07, 6.45) is 4.77. The number of rotatable bonds is 4. The molecule has 98 valence electrons. The molecule has 2 rings (SSSR count). The number of methoxy groups -OCH3 is 1. The van der Waals surface area contributed by atoms with Crippen LogP contribution in [0.15, 0.2) is 12.3 Å². The first-order chi connectivity index (χ1) is 8.61. The SMILES string of the molecule is COC1CCC(Nc2nccc(C)c2C(=O)O)C1. The number of nitrogens with one attached hydrogen (secondary N) is 1. The monoisotopic (exact) mass is 250 g/mol. The second kappa shape index (κ2) is 5.35. The molecule has 0 spiro atoms. The molecule has 18 heavy (non-hydrogen) atoms. The summed E-state index contributed by atoms with van der Waals surface area (Å²) in [6, 6.07) is 1.95. The number of carbonyl (C=O) groups is 1. The standard InChI is InChI=1S/C13H18N2O3/c1-8-5-6-14-12(11(8)13(16)17)15-9-3-4-10(7-9)18-2/h5-6,9-10H,3-4,7H2,1-2H3,(H,14,15)(H,16,17). The molecule has 2 N–H and O–H groups in total. The average Bonchev–Trinajstić information content (AvgIpc) is 2.76. The molecule has 0 aliphatic heterocycles. The number of aromatic carboxylic acids is 1. The van der Waals surface area contributed by atoms with Crippen molar-refractivity contribution in [1.29, 1.82) is 0 Å². The molecule has 1 aliphatic rings. The number of anilines is 1. The summed E-state index contributed by atoms with van der Waals surface area (Å²) < 4.78 is 5.30. The Morgan fingerprint density at radius 1 is 1.56 bits per heavy atom. The van der Waals surface area contributed by atoms with Crippen LogP contribution in [0, 0.1) is 6.92 Å². The Morgan fingerprint density at radius 3 is 2.94 bits per heavy atom. The zero-order valence-corrected chi connectivity index (χ0v) is 10.6. The number of aryl methyl sites for hydroxylation is 1. The average molecular weight is 250 g/mol. The van der Waals surface area contributed by atoms with Gasteiger partial charge in [0, 0.05) is 19.3 Å². The lowest BCUT2D eigenvalue weighted by molar-refractivity contribution is 0.0697. The number of hydrogen-bond acceptors (Lipinski definition) is 4. The number of aromatic nitrogens is 1. The summed E-state index contributed by atoms with van der Waals surface area (Å²) in [5.41, 5.74) is 0.986. The van der Waals surface area contributed by atoms with Gasteiger partial charge in [0.2, 0.25) is 0 Å². The molecular formula is C13H18N2O3. The molecule has 1 aromatic rings. The number of carboxylic acid groups (broad SMARTS) is 1. The molecule has 1 aliphatic carbocycles. The van der Waals surface area contributed by atoms with E-state index in [1.807, 2.05) is 0 Å². The molecule has 1 aromatic heterocycles. The third-order valence-electron chi connectivity index (χ3n) is 3.43. The van der Waals surface area contributed by atoms with Gasteiger partial charge in [-0.3, -0.25) is 0 Å². The Hall–Kier alpha value is -1.62. The minimum absolute atomic E-state index is 0.238. The van der Waals surface area contributed by atoms with Crippen LogP contribution in [0.4, 0.5) is 5.82 Å². The highest BCUT2D eigenvalue weighted by Gasteiger charge is 2.26. The Bertz CT molecular complexity index is 448. The first-order valence-electron chi connectivity index (χ1n) is 6.10. The zero-order valence-electron chi connectivity index (χ0n) is 10.6. The molecule has 1 heterocycles. The van der Waals surface area contributed by atoms with E-state index < -0.39 is 5.97 Å². The largest absolute Gasteiger partial charge is 0.478 e. The zero-order chi connectivity index (χ0) is 13.1. The van der Waals surface area contributed by atoms with Crippen LogP contribution in [-0.2, 0) is 4.74 Å². The van der Waals surface area contributed by atoms with Crippen molar-refractivity contribution in [3.63, 3.8) is 0 Å². The van der Waals surface area contributed by atoms with E-state index in [0.717, 1.165) is 24.8 Å². The summed E-state index contributed by atoms with van der Waals surface area (Å²) in [6.45, 7) is 1.78. The highest BCUT2D eigenvalue weighted by molar-refractivity contribution is 5.94. The van der Waals surface area contributed by atoms with Gasteiger partial charge in [0.15, 0.2) is 0 Å². The van der Waals surface area contributed by atoms with E-state index >= 15 is 0 Å². The van der Waals surface area contributed by atoms with Crippen LogP contribution in [0.5, 0.6) is 0 Å². The van der Waals surface area contributed by atoms with Gasteiger partial charge in [0.25, 0.3) is 0 Å². The molecule has 5 heteroatoms. The van der Waals surface area contributed by atoms with Gasteiger partial charge in [0.1, 0.15) is 11.4 Å². The van der Waals surface area contributed by atoms with Crippen molar-refractivity contribution in [3.8, 4) is 0 Å². The summed E-state index contributed by atoms with van der Waals surface area (Å²) in [4.78, 5) is 15.4. The first kappa shape index (κ1) is 12.8. The second-order valence-corrected chi connectivity index (χ2v) is 4.67. The van der Waals surface area contributed by atoms with Crippen LogP contribution in [-0.4, -0.2) is 35.3 Å². The maximum atomic E-state index is 11.2. The van der Waals surface area contributed by atoms with Crippen LogP contribution in [0.2, 0.25) is 0 Å². The third-order valence-corrected chi connectivity index (χ3v) is 3.43. The Balaban J connectivity index is 2.15. The van der Waals surface area contributed by atoms with E-state index in [0.29, 0.717) is 5.82 Å².